The van der Waals surface area contributed by atoms with Gasteiger partial charge in [0.25, 0.3) is 0 Å². The molecule has 0 aromatic carbocycles. The van der Waals surface area contributed by atoms with Crippen molar-refractivity contribution in [3.05, 3.63) is 0 Å². The molecule has 0 aromatic rings. The molecule has 124 valence electrons. The molecule has 0 heterocycles. The number of carbonyl (C=O) groups is 1. The van der Waals surface area contributed by atoms with Crippen molar-refractivity contribution < 1.29 is 4.79 Å². The van der Waals surface area contributed by atoms with E-state index >= 15 is 0 Å². The molecular formula is C20H38O. The first-order valence-corrected chi connectivity index (χ1v) is 9.76. The second-order valence-corrected chi connectivity index (χ2v) is 7.37. The van der Waals surface area contributed by atoms with Crippen LogP contribution in [0.4, 0.5) is 0 Å². The molecule has 21 heavy (non-hydrogen) atoms. The third kappa shape index (κ3) is 9.32. The number of carbonyl (C=O) groups excluding carboxylic acids is 1. The third-order valence-electron chi connectivity index (χ3n) is 5.17. The molecular weight excluding hydrogens is 256 g/mol. The van der Waals surface area contributed by atoms with Crippen molar-refractivity contribution in [3.8, 4) is 0 Å². The van der Waals surface area contributed by atoms with E-state index in [-0.39, 0.29) is 0 Å². The van der Waals surface area contributed by atoms with Gasteiger partial charge in [0.1, 0.15) is 5.78 Å². The monoisotopic (exact) mass is 294 g/mol. The summed E-state index contributed by atoms with van der Waals surface area (Å²) in [5.74, 6) is 1.76. The largest absolute Gasteiger partial charge is 0.299 e. The number of ketones is 1. The first-order valence-electron chi connectivity index (χ1n) is 9.76. The number of Topliss-reactive ketones (excluding diaryl/α,β-unsaturated/α-hetero) is 1. The molecule has 0 spiro atoms. The SMILES string of the molecule is CCCCCCCCCCCCC(=O)C1CCCC(C)C1. The molecule has 1 aliphatic rings. The van der Waals surface area contributed by atoms with Crippen LogP contribution in [-0.2, 0) is 4.79 Å². The molecule has 0 N–H and O–H groups in total. The number of hydrogen-bond acceptors (Lipinski definition) is 1. The zero-order chi connectivity index (χ0) is 15.3. The van der Waals surface area contributed by atoms with Crippen molar-refractivity contribution in [1.29, 1.82) is 0 Å². The van der Waals surface area contributed by atoms with Crippen LogP contribution in [0, 0.1) is 11.8 Å². The maximum Gasteiger partial charge on any atom is 0.135 e. The normalized spacial score (nSPS) is 22.4. The van der Waals surface area contributed by atoms with Crippen LogP contribution in [-0.4, -0.2) is 5.78 Å². The quantitative estimate of drug-likeness (QED) is 0.366. The molecule has 0 radical (unpaired) electrons. The predicted molar refractivity (Wildman–Crippen MR) is 92.6 cm³/mol. The fourth-order valence-corrected chi connectivity index (χ4v) is 3.72. The summed E-state index contributed by atoms with van der Waals surface area (Å²) in [5, 5.41) is 0. The Labute approximate surface area is 133 Å². The van der Waals surface area contributed by atoms with E-state index in [1.54, 1.807) is 0 Å². The zero-order valence-electron chi connectivity index (χ0n) is 14.7. The van der Waals surface area contributed by atoms with Crippen molar-refractivity contribution in [2.75, 3.05) is 0 Å². The average molecular weight is 295 g/mol. The highest BCUT2D eigenvalue weighted by Gasteiger charge is 2.24. The minimum Gasteiger partial charge on any atom is -0.299 e. The predicted octanol–water partition coefficient (Wildman–Crippen LogP) is 6.69. The van der Waals surface area contributed by atoms with Crippen molar-refractivity contribution in [1.82, 2.24) is 0 Å². The average Bonchev–Trinajstić information content (AvgIpc) is 2.49. The first-order chi connectivity index (χ1) is 10.2. The topological polar surface area (TPSA) is 17.1 Å². The lowest BCUT2D eigenvalue weighted by Gasteiger charge is -2.25. The van der Waals surface area contributed by atoms with Gasteiger partial charge >= 0.3 is 0 Å². The van der Waals surface area contributed by atoms with Gasteiger partial charge in [-0.05, 0) is 25.2 Å². The third-order valence-corrected chi connectivity index (χ3v) is 5.17. The summed E-state index contributed by atoms with van der Waals surface area (Å²) in [6.45, 7) is 4.58. The summed E-state index contributed by atoms with van der Waals surface area (Å²) in [5.41, 5.74) is 0. The Morgan fingerprint density at radius 3 is 2.00 bits per heavy atom. The van der Waals surface area contributed by atoms with Crippen molar-refractivity contribution in [2.45, 2.75) is 110 Å². The summed E-state index contributed by atoms with van der Waals surface area (Å²) < 4.78 is 0. The van der Waals surface area contributed by atoms with Crippen molar-refractivity contribution in [3.63, 3.8) is 0 Å². The van der Waals surface area contributed by atoms with E-state index in [0.29, 0.717) is 11.7 Å². The summed E-state index contributed by atoms with van der Waals surface area (Å²) >= 11 is 0. The highest BCUT2D eigenvalue weighted by Crippen LogP contribution is 2.30. The molecule has 1 aliphatic carbocycles. The van der Waals surface area contributed by atoms with Crippen molar-refractivity contribution >= 4 is 5.78 Å². The number of rotatable bonds is 12. The summed E-state index contributed by atoms with van der Waals surface area (Å²) in [4.78, 5) is 12.2. The summed E-state index contributed by atoms with van der Waals surface area (Å²) in [7, 11) is 0. The highest BCUT2D eigenvalue weighted by molar-refractivity contribution is 5.81. The fraction of sp³-hybridized carbons (Fsp3) is 0.950. The standard InChI is InChI=1S/C20H38O/c1-3-4-5-6-7-8-9-10-11-12-16-20(21)19-15-13-14-18(2)17-19/h18-19H,3-17H2,1-2H3. The van der Waals surface area contributed by atoms with Gasteiger partial charge in [0.05, 0.1) is 0 Å². The maximum atomic E-state index is 12.2. The molecule has 0 bridgehead atoms. The molecule has 1 heteroatoms. The number of hydrogen-bond donors (Lipinski definition) is 0. The van der Waals surface area contributed by atoms with Gasteiger partial charge in [0.2, 0.25) is 0 Å². The van der Waals surface area contributed by atoms with Crippen LogP contribution in [0.25, 0.3) is 0 Å². The summed E-state index contributed by atoms with van der Waals surface area (Å²) in [6, 6.07) is 0. The van der Waals surface area contributed by atoms with Crippen molar-refractivity contribution in [2.24, 2.45) is 11.8 Å². The van der Waals surface area contributed by atoms with E-state index in [1.165, 1.54) is 77.0 Å². The Balaban J connectivity index is 1.88. The molecule has 0 aromatic heterocycles. The Bertz CT molecular complexity index is 259. The van der Waals surface area contributed by atoms with E-state index in [2.05, 4.69) is 13.8 Å². The molecule has 0 amide bonds. The van der Waals surface area contributed by atoms with E-state index in [4.69, 9.17) is 0 Å². The van der Waals surface area contributed by atoms with Crippen LogP contribution in [0.3, 0.4) is 0 Å². The van der Waals surface area contributed by atoms with Crippen LogP contribution in [0.15, 0.2) is 0 Å². The van der Waals surface area contributed by atoms with Gasteiger partial charge < -0.3 is 0 Å². The van der Waals surface area contributed by atoms with E-state index in [1.807, 2.05) is 0 Å². The second-order valence-electron chi connectivity index (χ2n) is 7.37. The summed E-state index contributed by atoms with van der Waals surface area (Å²) in [6.07, 6.45) is 19.3. The molecule has 0 aliphatic heterocycles. The Hall–Kier alpha value is -0.330. The van der Waals surface area contributed by atoms with Crippen LogP contribution in [0.2, 0.25) is 0 Å². The lowest BCUT2D eigenvalue weighted by molar-refractivity contribution is -0.124. The van der Waals surface area contributed by atoms with Crippen LogP contribution >= 0.6 is 0 Å². The smallest absolute Gasteiger partial charge is 0.135 e. The van der Waals surface area contributed by atoms with Crippen LogP contribution < -0.4 is 0 Å². The molecule has 1 rings (SSSR count). The van der Waals surface area contributed by atoms with Gasteiger partial charge in [-0.2, -0.15) is 0 Å². The maximum absolute atomic E-state index is 12.2. The molecule has 0 saturated heterocycles. The lowest BCUT2D eigenvalue weighted by atomic mass is 9.79. The first kappa shape index (κ1) is 18.7. The fourth-order valence-electron chi connectivity index (χ4n) is 3.72. The van der Waals surface area contributed by atoms with E-state index in [9.17, 15) is 4.79 Å². The van der Waals surface area contributed by atoms with E-state index in [0.717, 1.165) is 25.2 Å². The Morgan fingerprint density at radius 2 is 1.43 bits per heavy atom. The highest BCUT2D eigenvalue weighted by atomic mass is 16.1. The van der Waals surface area contributed by atoms with Crippen LogP contribution in [0.5, 0.6) is 0 Å². The van der Waals surface area contributed by atoms with E-state index < -0.39 is 0 Å². The Morgan fingerprint density at radius 1 is 0.857 bits per heavy atom. The molecule has 2 atom stereocenters. The van der Waals surface area contributed by atoms with Crippen LogP contribution in [0.1, 0.15) is 110 Å². The molecule has 1 saturated carbocycles. The van der Waals surface area contributed by atoms with Gasteiger partial charge in [-0.1, -0.05) is 84.5 Å². The Kier molecular flexibility index (Phi) is 10.9. The van der Waals surface area contributed by atoms with Gasteiger partial charge in [-0.3, -0.25) is 4.79 Å². The number of unbranched alkanes of at least 4 members (excludes halogenated alkanes) is 9. The minimum atomic E-state index is 0.410. The lowest BCUT2D eigenvalue weighted by Crippen LogP contribution is -2.21. The molecule has 1 fully saturated rings. The molecule has 2 unspecified atom stereocenters. The van der Waals surface area contributed by atoms with Gasteiger partial charge in [0.15, 0.2) is 0 Å². The minimum absolute atomic E-state index is 0.410. The van der Waals surface area contributed by atoms with Gasteiger partial charge in [-0.15, -0.1) is 0 Å². The van der Waals surface area contributed by atoms with Gasteiger partial charge in [0, 0.05) is 12.3 Å². The molecule has 1 nitrogen and oxygen atoms in total. The van der Waals surface area contributed by atoms with Gasteiger partial charge in [-0.25, -0.2) is 0 Å². The second kappa shape index (κ2) is 12.2. The zero-order valence-corrected chi connectivity index (χ0v) is 14.7.